The summed E-state index contributed by atoms with van der Waals surface area (Å²) in [6.45, 7) is 9.92. The molecule has 36 heavy (non-hydrogen) atoms. The van der Waals surface area contributed by atoms with Crippen molar-refractivity contribution in [2.75, 3.05) is 13.2 Å². The van der Waals surface area contributed by atoms with E-state index in [2.05, 4.69) is 27.7 Å². The summed E-state index contributed by atoms with van der Waals surface area (Å²) in [7, 11) is 0. The van der Waals surface area contributed by atoms with Crippen molar-refractivity contribution in [3.05, 3.63) is 0 Å². The Balaban J connectivity index is 0. The predicted molar refractivity (Wildman–Crippen MR) is 155 cm³/mol. The molecule has 0 N–H and O–H groups in total. The number of carbonyl (C=O) groups is 2. The van der Waals surface area contributed by atoms with Gasteiger partial charge < -0.3 is 9.47 Å². The minimum Gasteiger partial charge on any atom is -0.466 e. The first-order chi connectivity index (χ1) is 17.6. The van der Waals surface area contributed by atoms with Crippen LogP contribution in [0.1, 0.15) is 182 Å². The molecule has 0 unspecified atom stereocenters. The number of unbranched alkanes of at least 4 members (excludes halogenated alkanes) is 18. The number of esters is 2. The van der Waals surface area contributed by atoms with E-state index in [0.717, 1.165) is 38.5 Å². The fourth-order valence-electron chi connectivity index (χ4n) is 3.97. The highest BCUT2D eigenvalue weighted by atomic mass is 16.5. The summed E-state index contributed by atoms with van der Waals surface area (Å²) in [5, 5.41) is 0. The Morgan fingerprint density at radius 2 is 0.611 bits per heavy atom. The van der Waals surface area contributed by atoms with E-state index in [4.69, 9.17) is 9.47 Å². The van der Waals surface area contributed by atoms with E-state index in [-0.39, 0.29) is 11.9 Å². The van der Waals surface area contributed by atoms with Gasteiger partial charge in [-0.2, -0.15) is 0 Å². The molecule has 0 aromatic carbocycles. The Bertz CT molecular complexity index is 396. The molecule has 0 atom stereocenters. The molecule has 0 fully saturated rings. The minimum absolute atomic E-state index is 0.00797. The van der Waals surface area contributed by atoms with Gasteiger partial charge >= 0.3 is 11.9 Å². The van der Waals surface area contributed by atoms with Gasteiger partial charge in [0.2, 0.25) is 0 Å². The lowest BCUT2D eigenvalue weighted by molar-refractivity contribution is -0.144. The van der Waals surface area contributed by atoms with Crippen LogP contribution in [0.2, 0.25) is 0 Å². The predicted octanol–water partition coefficient (Wildman–Crippen LogP) is 10.5. The lowest BCUT2D eigenvalue weighted by atomic mass is 10.1. The molecular formula is C32H64O4. The summed E-state index contributed by atoms with van der Waals surface area (Å²) >= 11 is 0. The van der Waals surface area contributed by atoms with Gasteiger partial charge in [0.1, 0.15) is 0 Å². The zero-order valence-corrected chi connectivity index (χ0v) is 25.0. The van der Waals surface area contributed by atoms with Crippen molar-refractivity contribution < 1.29 is 19.1 Å². The van der Waals surface area contributed by atoms with Crippen LogP contribution in [-0.4, -0.2) is 25.2 Å². The van der Waals surface area contributed by atoms with Crippen LogP contribution in [0.25, 0.3) is 0 Å². The summed E-state index contributed by atoms with van der Waals surface area (Å²) in [4.78, 5) is 22.6. The van der Waals surface area contributed by atoms with E-state index in [0.29, 0.717) is 26.1 Å². The van der Waals surface area contributed by atoms with Crippen LogP contribution in [0.5, 0.6) is 0 Å². The monoisotopic (exact) mass is 512 g/mol. The first kappa shape index (κ1) is 37.1. The molecule has 0 heterocycles. The molecule has 0 aliphatic heterocycles. The number of hydrogen-bond acceptors (Lipinski definition) is 4. The first-order valence-corrected chi connectivity index (χ1v) is 15.9. The maximum absolute atomic E-state index is 11.3. The van der Waals surface area contributed by atoms with Crippen LogP contribution in [0.3, 0.4) is 0 Å². The Kier molecular flexibility index (Phi) is 35.0. The molecule has 4 heteroatoms. The van der Waals surface area contributed by atoms with E-state index in [9.17, 15) is 9.59 Å². The van der Waals surface area contributed by atoms with Crippen LogP contribution in [-0.2, 0) is 19.1 Å². The van der Waals surface area contributed by atoms with Gasteiger partial charge in [0.25, 0.3) is 0 Å². The van der Waals surface area contributed by atoms with Crippen molar-refractivity contribution in [2.24, 2.45) is 0 Å². The summed E-state index contributed by atoms with van der Waals surface area (Å²) in [6, 6.07) is 0. The van der Waals surface area contributed by atoms with Gasteiger partial charge in [0, 0.05) is 12.8 Å². The van der Waals surface area contributed by atoms with Gasteiger partial charge in [-0.1, -0.05) is 143 Å². The largest absolute Gasteiger partial charge is 0.466 e. The molecular weight excluding hydrogens is 448 g/mol. The van der Waals surface area contributed by atoms with Crippen LogP contribution in [0, 0.1) is 0 Å². The van der Waals surface area contributed by atoms with Crippen molar-refractivity contribution in [3.63, 3.8) is 0 Å². The molecule has 0 radical (unpaired) electrons. The van der Waals surface area contributed by atoms with E-state index in [1.165, 1.54) is 103 Å². The molecule has 0 aromatic heterocycles. The molecule has 0 aliphatic carbocycles. The van der Waals surface area contributed by atoms with E-state index in [1.807, 2.05) is 0 Å². The van der Waals surface area contributed by atoms with E-state index in [1.54, 1.807) is 0 Å². The second-order valence-corrected chi connectivity index (χ2v) is 10.3. The lowest BCUT2D eigenvalue weighted by Crippen LogP contribution is -2.05. The van der Waals surface area contributed by atoms with E-state index < -0.39 is 0 Å². The van der Waals surface area contributed by atoms with Crippen molar-refractivity contribution in [2.45, 2.75) is 182 Å². The Morgan fingerprint density at radius 3 is 0.889 bits per heavy atom. The van der Waals surface area contributed by atoms with Gasteiger partial charge in [-0.05, 0) is 25.7 Å². The molecule has 0 saturated carbocycles. The van der Waals surface area contributed by atoms with Crippen molar-refractivity contribution in [1.29, 1.82) is 0 Å². The number of hydrogen-bond donors (Lipinski definition) is 0. The quantitative estimate of drug-likeness (QED) is 0.0854. The normalized spacial score (nSPS) is 10.6. The highest BCUT2D eigenvalue weighted by Crippen LogP contribution is 2.12. The molecule has 0 bridgehead atoms. The average molecular weight is 513 g/mol. The molecule has 4 nitrogen and oxygen atoms in total. The highest BCUT2D eigenvalue weighted by molar-refractivity contribution is 5.69. The van der Waals surface area contributed by atoms with Gasteiger partial charge in [0.15, 0.2) is 0 Å². The maximum Gasteiger partial charge on any atom is 0.305 e. The topological polar surface area (TPSA) is 52.6 Å². The number of ether oxygens (including phenoxy) is 2. The third-order valence-corrected chi connectivity index (χ3v) is 6.49. The molecule has 216 valence electrons. The third-order valence-electron chi connectivity index (χ3n) is 6.49. The van der Waals surface area contributed by atoms with Crippen LogP contribution in [0.4, 0.5) is 0 Å². The zero-order valence-electron chi connectivity index (χ0n) is 25.0. The average Bonchev–Trinajstić information content (AvgIpc) is 2.87. The molecule has 0 spiro atoms. The fourth-order valence-corrected chi connectivity index (χ4v) is 3.97. The van der Waals surface area contributed by atoms with Crippen LogP contribution in [0.15, 0.2) is 0 Å². The Morgan fingerprint density at radius 1 is 0.361 bits per heavy atom. The summed E-state index contributed by atoms with van der Waals surface area (Å²) in [5.41, 5.74) is 0. The number of carbonyl (C=O) groups excluding carboxylic acids is 2. The Hall–Kier alpha value is -1.06. The van der Waals surface area contributed by atoms with Gasteiger partial charge in [-0.25, -0.2) is 0 Å². The van der Waals surface area contributed by atoms with Gasteiger partial charge in [-0.15, -0.1) is 0 Å². The molecule has 0 aliphatic rings. The molecule has 0 aromatic rings. The zero-order chi connectivity index (χ0) is 27.0. The molecule has 0 amide bonds. The lowest BCUT2D eigenvalue weighted by Gasteiger charge is -2.04. The van der Waals surface area contributed by atoms with Gasteiger partial charge in [-0.3, -0.25) is 9.59 Å². The second-order valence-electron chi connectivity index (χ2n) is 10.3. The highest BCUT2D eigenvalue weighted by Gasteiger charge is 2.02. The fraction of sp³-hybridized carbons (Fsp3) is 0.938. The standard InChI is InChI=1S/2C16H32O2/c2*1-3-5-7-8-9-10-11-12-13-14-16(17)18-15-6-4-2/h2*3-15H2,1-2H3. The summed E-state index contributed by atoms with van der Waals surface area (Å²) in [5.74, 6) is -0.0159. The maximum atomic E-state index is 11.3. The SMILES string of the molecule is CCCCCCCCCCCC(=O)OCCCC.CCCCCCCCCCCC(=O)OCCCC. The molecule has 0 saturated heterocycles. The minimum atomic E-state index is -0.00797. The molecule has 0 rings (SSSR count). The van der Waals surface area contributed by atoms with Crippen LogP contribution < -0.4 is 0 Å². The third kappa shape index (κ3) is 35.1. The van der Waals surface area contributed by atoms with Crippen molar-refractivity contribution in [3.8, 4) is 0 Å². The smallest absolute Gasteiger partial charge is 0.305 e. The summed E-state index contributed by atoms with van der Waals surface area (Å²) < 4.78 is 10.2. The Labute approximate surface area is 226 Å². The first-order valence-electron chi connectivity index (χ1n) is 15.9. The van der Waals surface area contributed by atoms with Crippen molar-refractivity contribution in [1.82, 2.24) is 0 Å². The van der Waals surface area contributed by atoms with Crippen LogP contribution >= 0.6 is 0 Å². The van der Waals surface area contributed by atoms with Gasteiger partial charge in [0.05, 0.1) is 13.2 Å². The second kappa shape index (κ2) is 33.9. The van der Waals surface area contributed by atoms with Crippen molar-refractivity contribution >= 4 is 11.9 Å². The summed E-state index contributed by atoms with van der Waals surface area (Å²) in [6.07, 6.45) is 28.6. The number of rotatable bonds is 26. The van der Waals surface area contributed by atoms with E-state index >= 15 is 0 Å².